The number of hydrogen-bond donors (Lipinski definition) is 1. The van der Waals surface area contributed by atoms with Gasteiger partial charge in [-0.25, -0.2) is 10.5 Å². The second-order valence-electron chi connectivity index (χ2n) is 2.61. The molecule has 0 aliphatic carbocycles. The van der Waals surface area contributed by atoms with Crippen molar-refractivity contribution in [2.24, 2.45) is 0 Å². The van der Waals surface area contributed by atoms with Crippen LogP contribution in [0.5, 0.6) is 0 Å². The lowest BCUT2D eigenvalue weighted by Gasteiger charge is -2.00. The quantitative estimate of drug-likeness (QED) is 0.576. The Kier molecular flexibility index (Phi) is 3.01. The zero-order valence-corrected chi connectivity index (χ0v) is 7.19. The van der Waals surface area contributed by atoms with Gasteiger partial charge in [-0.05, 0) is 5.56 Å². The number of non-ortho nitro benzene ring substituents is 1. The molecule has 0 spiro atoms. The number of hydrogen-bond acceptors (Lipinski definition) is 3. The van der Waals surface area contributed by atoms with E-state index in [0.29, 0.717) is 0 Å². The molecule has 0 heterocycles. The summed E-state index contributed by atoms with van der Waals surface area (Å²) in [5.74, 6) is 0. The molecule has 1 aromatic carbocycles. The predicted molar refractivity (Wildman–Crippen MR) is 48.4 cm³/mol. The minimum Gasteiger partial charge on any atom is -0.333 e. The zero-order chi connectivity index (χ0) is 10.6. The summed E-state index contributed by atoms with van der Waals surface area (Å²) < 4.78 is 0. The molecule has 2 amide bonds. The van der Waals surface area contributed by atoms with E-state index in [1.807, 2.05) is 0 Å². The van der Waals surface area contributed by atoms with Gasteiger partial charge < -0.3 is 5.32 Å². The van der Waals surface area contributed by atoms with Gasteiger partial charge in [0.05, 0.1) is 4.92 Å². The molecule has 73 valence electrons. The highest BCUT2D eigenvalue weighted by Gasteiger charge is 2.03. The first-order valence-corrected chi connectivity index (χ1v) is 3.82. The van der Waals surface area contributed by atoms with Gasteiger partial charge in [-0.3, -0.25) is 10.1 Å². The Balaban J connectivity index is 2.64. The number of nitro benzene ring substituents is 1. The van der Waals surface area contributed by atoms with Crippen LogP contribution in [0, 0.1) is 10.1 Å². The smallest absolute Gasteiger partial charge is 0.333 e. The third kappa shape index (κ3) is 2.74. The number of carbonyl (C=O) groups excluding carboxylic acids is 1. The van der Waals surface area contributed by atoms with Gasteiger partial charge in [-0.2, -0.15) is 0 Å². The minimum absolute atomic E-state index is 0.00551. The van der Waals surface area contributed by atoms with Crippen LogP contribution >= 0.6 is 0 Å². The maximum atomic E-state index is 10.3. The molecule has 0 aliphatic heterocycles. The van der Waals surface area contributed by atoms with E-state index in [4.69, 9.17) is 5.73 Å². The van der Waals surface area contributed by atoms with Crippen LogP contribution in [0.15, 0.2) is 24.3 Å². The monoisotopic (exact) mass is 194 g/mol. The van der Waals surface area contributed by atoms with Crippen molar-refractivity contribution in [1.29, 1.82) is 0 Å². The summed E-state index contributed by atoms with van der Waals surface area (Å²) in [5.41, 5.74) is 7.30. The molecule has 0 aliphatic rings. The van der Waals surface area contributed by atoms with Crippen molar-refractivity contribution in [1.82, 2.24) is 11.1 Å². The maximum absolute atomic E-state index is 10.3. The number of nitrogens with one attached hydrogen (secondary N) is 2. The fourth-order valence-corrected chi connectivity index (χ4v) is 0.918. The average molecular weight is 194 g/mol. The van der Waals surface area contributed by atoms with Crippen LogP contribution < -0.4 is 11.1 Å². The highest BCUT2D eigenvalue weighted by molar-refractivity contribution is 5.70. The number of benzene rings is 1. The summed E-state index contributed by atoms with van der Waals surface area (Å²) in [5, 5.41) is 12.6. The largest absolute Gasteiger partial charge is 0.333 e. The summed E-state index contributed by atoms with van der Waals surface area (Å²) in [6.07, 6.45) is 0. The van der Waals surface area contributed by atoms with Crippen LogP contribution in [-0.2, 0) is 6.54 Å². The van der Waals surface area contributed by atoms with E-state index in [9.17, 15) is 14.9 Å². The second kappa shape index (κ2) is 4.22. The van der Waals surface area contributed by atoms with Gasteiger partial charge in [0.25, 0.3) is 5.69 Å². The van der Waals surface area contributed by atoms with Gasteiger partial charge in [0.15, 0.2) is 0 Å². The van der Waals surface area contributed by atoms with E-state index < -0.39 is 11.0 Å². The minimum atomic E-state index is -0.872. The van der Waals surface area contributed by atoms with E-state index in [-0.39, 0.29) is 12.2 Å². The lowest BCUT2D eigenvalue weighted by atomic mass is 10.2. The molecule has 0 fully saturated rings. The van der Waals surface area contributed by atoms with Crippen molar-refractivity contribution >= 4 is 11.7 Å². The number of carbonyl (C=O) groups is 1. The van der Waals surface area contributed by atoms with Crippen molar-refractivity contribution in [2.75, 3.05) is 0 Å². The molecular formula is C8H8N3O3. The number of urea groups is 1. The van der Waals surface area contributed by atoms with Crippen molar-refractivity contribution in [2.45, 2.75) is 6.54 Å². The van der Waals surface area contributed by atoms with Crippen molar-refractivity contribution in [3.63, 3.8) is 0 Å². The molecule has 1 aromatic rings. The van der Waals surface area contributed by atoms with Crippen LogP contribution in [0.3, 0.4) is 0 Å². The Morgan fingerprint density at radius 1 is 1.43 bits per heavy atom. The average Bonchev–Trinajstić information content (AvgIpc) is 2.15. The van der Waals surface area contributed by atoms with Gasteiger partial charge in [0.1, 0.15) is 0 Å². The van der Waals surface area contributed by atoms with E-state index in [2.05, 4.69) is 5.32 Å². The Morgan fingerprint density at radius 3 is 2.43 bits per heavy atom. The third-order valence-corrected chi connectivity index (χ3v) is 1.60. The summed E-state index contributed by atoms with van der Waals surface area (Å²) >= 11 is 0. The molecular weight excluding hydrogens is 186 g/mol. The number of nitro groups is 1. The topological polar surface area (TPSA) is 96.0 Å². The van der Waals surface area contributed by atoms with Crippen molar-refractivity contribution in [3.8, 4) is 0 Å². The number of rotatable bonds is 3. The lowest BCUT2D eigenvalue weighted by molar-refractivity contribution is -0.384. The fraction of sp³-hybridized carbons (Fsp3) is 0.125. The molecule has 0 aromatic heterocycles. The Bertz CT molecular complexity index is 347. The van der Waals surface area contributed by atoms with Gasteiger partial charge in [0, 0.05) is 18.7 Å². The normalized spacial score (nSPS) is 9.43. The molecule has 0 saturated carbocycles. The molecule has 1 rings (SSSR count). The number of amides is 2. The first-order valence-electron chi connectivity index (χ1n) is 3.82. The van der Waals surface area contributed by atoms with Gasteiger partial charge in [-0.15, -0.1) is 0 Å². The highest BCUT2D eigenvalue weighted by Crippen LogP contribution is 2.11. The molecule has 0 bridgehead atoms. The first kappa shape index (κ1) is 9.97. The lowest BCUT2D eigenvalue weighted by Crippen LogP contribution is -2.21. The molecule has 0 atom stereocenters. The molecule has 6 nitrogen and oxygen atoms in total. The van der Waals surface area contributed by atoms with Gasteiger partial charge in [-0.1, -0.05) is 12.1 Å². The molecule has 1 radical (unpaired) electrons. The third-order valence-electron chi connectivity index (χ3n) is 1.60. The van der Waals surface area contributed by atoms with Crippen molar-refractivity contribution in [3.05, 3.63) is 39.9 Å². The summed E-state index contributed by atoms with van der Waals surface area (Å²) in [7, 11) is 0. The summed E-state index contributed by atoms with van der Waals surface area (Å²) in [6, 6.07) is 4.90. The van der Waals surface area contributed by atoms with Crippen LogP contribution in [0.1, 0.15) is 5.56 Å². The van der Waals surface area contributed by atoms with Crippen LogP contribution in [-0.4, -0.2) is 11.0 Å². The Morgan fingerprint density at radius 2 is 2.00 bits per heavy atom. The Hall–Kier alpha value is -2.11. The van der Waals surface area contributed by atoms with Gasteiger partial charge >= 0.3 is 6.03 Å². The number of nitrogens with zero attached hydrogens (tertiary/aromatic N) is 1. The molecule has 2 N–H and O–H groups in total. The van der Waals surface area contributed by atoms with Crippen LogP contribution in [0.4, 0.5) is 10.5 Å². The molecule has 0 unspecified atom stereocenters. The summed E-state index contributed by atoms with van der Waals surface area (Å²) in [4.78, 5) is 20.0. The summed E-state index contributed by atoms with van der Waals surface area (Å²) in [6.45, 7) is 0.209. The fourth-order valence-electron chi connectivity index (χ4n) is 0.918. The first-order chi connectivity index (χ1) is 6.59. The van der Waals surface area contributed by atoms with E-state index >= 15 is 0 Å². The van der Waals surface area contributed by atoms with Crippen LogP contribution in [0.25, 0.3) is 0 Å². The maximum Gasteiger partial charge on any atom is 0.333 e. The van der Waals surface area contributed by atoms with Gasteiger partial charge in [0.2, 0.25) is 0 Å². The SMILES string of the molecule is [NH]C(=O)NCc1ccc([N+](=O)[O-])cc1. The van der Waals surface area contributed by atoms with Crippen molar-refractivity contribution < 1.29 is 9.72 Å². The molecule has 6 heteroatoms. The van der Waals surface area contributed by atoms with E-state index in [1.54, 1.807) is 0 Å². The second-order valence-corrected chi connectivity index (χ2v) is 2.61. The predicted octanol–water partition coefficient (Wildman–Crippen LogP) is 1.09. The standard InChI is InChI=1S/C8H8N3O3/c9-8(12)10-5-6-1-3-7(4-2-6)11(13)14/h1-4,9H,5H2,(H,10,12). The van der Waals surface area contributed by atoms with E-state index in [0.717, 1.165) is 5.56 Å². The zero-order valence-electron chi connectivity index (χ0n) is 7.19. The van der Waals surface area contributed by atoms with E-state index in [1.165, 1.54) is 24.3 Å². The highest BCUT2D eigenvalue weighted by atomic mass is 16.6. The molecule has 14 heavy (non-hydrogen) atoms. The Labute approximate surface area is 79.9 Å². The van der Waals surface area contributed by atoms with Crippen LogP contribution in [0.2, 0.25) is 0 Å². The molecule has 0 saturated heterocycles.